The van der Waals surface area contributed by atoms with Gasteiger partial charge in [-0.25, -0.2) is 0 Å². The van der Waals surface area contributed by atoms with Crippen LogP contribution in [0.15, 0.2) is 24.3 Å². The predicted octanol–water partition coefficient (Wildman–Crippen LogP) is 2.37. The molecule has 0 fully saturated rings. The van der Waals surface area contributed by atoms with Crippen molar-refractivity contribution in [2.24, 2.45) is 0 Å². The first-order valence-electron chi connectivity index (χ1n) is 5.77. The third-order valence-corrected chi connectivity index (χ3v) is 2.22. The van der Waals surface area contributed by atoms with Crippen LogP contribution < -0.4 is 4.74 Å². The van der Waals surface area contributed by atoms with Crippen molar-refractivity contribution in [3.8, 4) is 5.75 Å². The van der Waals surface area contributed by atoms with E-state index in [9.17, 15) is 0 Å². The van der Waals surface area contributed by atoms with Crippen LogP contribution in [0.2, 0.25) is 0 Å². The highest BCUT2D eigenvalue weighted by atomic mass is 16.5. The molecule has 3 nitrogen and oxygen atoms in total. The second-order valence-electron chi connectivity index (χ2n) is 3.62. The summed E-state index contributed by atoms with van der Waals surface area (Å²) in [5.74, 6) is 0.783. The van der Waals surface area contributed by atoms with Crippen molar-refractivity contribution in [2.45, 2.75) is 26.4 Å². The standard InChI is InChI=1S/C13H20O3/c1-2-3-7-15-8-9-16-13-6-4-5-12(10-13)11-14/h4-6,10,14H,2-3,7-9,11H2,1H3. The second-order valence-corrected chi connectivity index (χ2v) is 3.62. The monoisotopic (exact) mass is 224 g/mol. The van der Waals surface area contributed by atoms with Crippen LogP contribution in [0.1, 0.15) is 25.3 Å². The smallest absolute Gasteiger partial charge is 0.119 e. The number of aliphatic hydroxyl groups excluding tert-OH is 1. The fraction of sp³-hybridized carbons (Fsp3) is 0.538. The number of unbranched alkanes of at least 4 members (excludes halogenated alkanes) is 1. The van der Waals surface area contributed by atoms with E-state index >= 15 is 0 Å². The molecule has 0 aliphatic heterocycles. The van der Waals surface area contributed by atoms with E-state index in [2.05, 4.69) is 6.92 Å². The van der Waals surface area contributed by atoms with Crippen LogP contribution in [0.25, 0.3) is 0 Å². The molecule has 0 unspecified atom stereocenters. The molecule has 16 heavy (non-hydrogen) atoms. The van der Waals surface area contributed by atoms with Gasteiger partial charge in [-0.1, -0.05) is 25.5 Å². The van der Waals surface area contributed by atoms with Gasteiger partial charge in [-0.2, -0.15) is 0 Å². The summed E-state index contributed by atoms with van der Waals surface area (Å²) in [6.07, 6.45) is 2.25. The van der Waals surface area contributed by atoms with Gasteiger partial charge in [-0.3, -0.25) is 0 Å². The summed E-state index contributed by atoms with van der Waals surface area (Å²) >= 11 is 0. The first-order valence-corrected chi connectivity index (χ1v) is 5.77. The average molecular weight is 224 g/mol. The lowest BCUT2D eigenvalue weighted by Gasteiger charge is -2.07. The van der Waals surface area contributed by atoms with Gasteiger partial charge in [0.25, 0.3) is 0 Å². The van der Waals surface area contributed by atoms with Gasteiger partial charge in [0.15, 0.2) is 0 Å². The summed E-state index contributed by atoms with van der Waals surface area (Å²) < 4.78 is 10.9. The van der Waals surface area contributed by atoms with Crippen LogP contribution >= 0.6 is 0 Å². The molecule has 0 saturated heterocycles. The van der Waals surface area contributed by atoms with E-state index in [0.717, 1.165) is 30.8 Å². The molecule has 0 atom stereocenters. The SMILES string of the molecule is CCCCOCCOc1cccc(CO)c1. The van der Waals surface area contributed by atoms with E-state index in [1.807, 2.05) is 24.3 Å². The maximum Gasteiger partial charge on any atom is 0.119 e. The van der Waals surface area contributed by atoms with Crippen molar-refractivity contribution in [1.82, 2.24) is 0 Å². The first-order chi connectivity index (χ1) is 7.86. The predicted molar refractivity (Wildman–Crippen MR) is 63.6 cm³/mol. The normalized spacial score (nSPS) is 10.4. The van der Waals surface area contributed by atoms with Gasteiger partial charge in [0.1, 0.15) is 12.4 Å². The number of benzene rings is 1. The molecule has 0 bridgehead atoms. The second kappa shape index (κ2) is 8.13. The van der Waals surface area contributed by atoms with Gasteiger partial charge in [-0.15, -0.1) is 0 Å². The lowest BCUT2D eigenvalue weighted by molar-refractivity contribution is 0.0980. The van der Waals surface area contributed by atoms with Gasteiger partial charge in [-0.05, 0) is 24.1 Å². The fourth-order valence-corrected chi connectivity index (χ4v) is 1.30. The highest BCUT2D eigenvalue weighted by Crippen LogP contribution is 2.12. The summed E-state index contributed by atoms with van der Waals surface area (Å²) in [5.41, 5.74) is 0.865. The zero-order chi connectivity index (χ0) is 11.6. The molecule has 0 aliphatic carbocycles. The van der Waals surface area contributed by atoms with Crippen LogP contribution in [-0.2, 0) is 11.3 Å². The van der Waals surface area contributed by atoms with Gasteiger partial charge in [0, 0.05) is 6.61 Å². The Morgan fingerprint density at radius 1 is 1.19 bits per heavy atom. The Labute approximate surface area is 97.0 Å². The summed E-state index contributed by atoms with van der Waals surface area (Å²) in [6, 6.07) is 7.46. The molecule has 1 N–H and O–H groups in total. The van der Waals surface area contributed by atoms with Crippen LogP contribution in [0.5, 0.6) is 5.75 Å². The van der Waals surface area contributed by atoms with Crippen LogP contribution in [0, 0.1) is 0 Å². The van der Waals surface area contributed by atoms with E-state index in [-0.39, 0.29) is 6.61 Å². The molecule has 0 aromatic heterocycles. The largest absolute Gasteiger partial charge is 0.491 e. The molecule has 0 spiro atoms. The molecular formula is C13H20O3. The van der Waals surface area contributed by atoms with Crippen molar-refractivity contribution in [1.29, 1.82) is 0 Å². The van der Waals surface area contributed by atoms with Gasteiger partial charge < -0.3 is 14.6 Å². The van der Waals surface area contributed by atoms with Crippen molar-refractivity contribution < 1.29 is 14.6 Å². The third-order valence-electron chi connectivity index (χ3n) is 2.22. The highest BCUT2D eigenvalue weighted by Gasteiger charge is 1.95. The molecule has 0 radical (unpaired) electrons. The van der Waals surface area contributed by atoms with Gasteiger partial charge >= 0.3 is 0 Å². The molecule has 3 heteroatoms. The Bertz CT molecular complexity index is 286. The van der Waals surface area contributed by atoms with Crippen LogP contribution in [0.3, 0.4) is 0 Å². The molecule has 1 aromatic rings. The number of ether oxygens (including phenoxy) is 2. The Balaban J connectivity index is 2.16. The third kappa shape index (κ3) is 5.14. The molecule has 1 rings (SSSR count). The van der Waals surface area contributed by atoms with E-state index in [1.54, 1.807) is 0 Å². The van der Waals surface area contributed by atoms with Crippen molar-refractivity contribution in [2.75, 3.05) is 19.8 Å². The zero-order valence-electron chi connectivity index (χ0n) is 9.82. The quantitative estimate of drug-likeness (QED) is 0.689. The molecule has 0 amide bonds. The number of hydrogen-bond acceptors (Lipinski definition) is 3. The summed E-state index contributed by atoms with van der Waals surface area (Å²) in [4.78, 5) is 0. The summed E-state index contributed by atoms with van der Waals surface area (Å²) in [6.45, 7) is 4.16. The van der Waals surface area contributed by atoms with Crippen molar-refractivity contribution in [3.63, 3.8) is 0 Å². The first kappa shape index (κ1) is 13.0. The topological polar surface area (TPSA) is 38.7 Å². The minimum Gasteiger partial charge on any atom is -0.491 e. The van der Waals surface area contributed by atoms with Crippen LogP contribution in [-0.4, -0.2) is 24.9 Å². The summed E-state index contributed by atoms with van der Waals surface area (Å²) in [5, 5.41) is 8.95. The zero-order valence-corrected chi connectivity index (χ0v) is 9.82. The number of hydrogen-bond donors (Lipinski definition) is 1. The fourth-order valence-electron chi connectivity index (χ4n) is 1.30. The Hall–Kier alpha value is -1.06. The van der Waals surface area contributed by atoms with E-state index in [1.165, 1.54) is 0 Å². The molecule has 1 aromatic carbocycles. The van der Waals surface area contributed by atoms with Crippen molar-refractivity contribution in [3.05, 3.63) is 29.8 Å². The van der Waals surface area contributed by atoms with E-state index in [0.29, 0.717) is 13.2 Å². The number of aliphatic hydroxyl groups is 1. The molecule has 0 saturated carbocycles. The Morgan fingerprint density at radius 3 is 2.81 bits per heavy atom. The molecule has 0 aliphatic rings. The minimum absolute atomic E-state index is 0.0458. The molecule has 90 valence electrons. The van der Waals surface area contributed by atoms with Gasteiger partial charge in [0.2, 0.25) is 0 Å². The van der Waals surface area contributed by atoms with E-state index < -0.39 is 0 Å². The molecule has 0 heterocycles. The average Bonchev–Trinajstić information content (AvgIpc) is 2.34. The molecular weight excluding hydrogens is 204 g/mol. The lowest BCUT2D eigenvalue weighted by Crippen LogP contribution is -2.07. The van der Waals surface area contributed by atoms with Crippen molar-refractivity contribution >= 4 is 0 Å². The lowest BCUT2D eigenvalue weighted by atomic mass is 10.2. The minimum atomic E-state index is 0.0458. The number of rotatable bonds is 8. The maximum atomic E-state index is 8.95. The highest BCUT2D eigenvalue weighted by molar-refractivity contribution is 5.27. The van der Waals surface area contributed by atoms with Gasteiger partial charge in [0.05, 0.1) is 13.2 Å². The van der Waals surface area contributed by atoms with Crippen LogP contribution in [0.4, 0.5) is 0 Å². The Morgan fingerprint density at radius 2 is 2.06 bits per heavy atom. The van der Waals surface area contributed by atoms with E-state index in [4.69, 9.17) is 14.6 Å². The summed E-state index contributed by atoms with van der Waals surface area (Å²) in [7, 11) is 0. The Kier molecular flexibility index (Phi) is 6.61. The maximum absolute atomic E-state index is 8.95.